The topological polar surface area (TPSA) is 65.3 Å². The zero-order chi connectivity index (χ0) is 14.2. The summed E-state index contributed by atoms with van der Waals surface area (Å²) in [6.07, 6.45) is -6.09. The van der Waals surface area contributed by atoms with Gasteiger partial charge in [-0.2, -0.15) is 13.2 Å². The first-order valence-electron chi connectivity index (χ1n) is 5.01. The Morgan fingerprint density at radius 2 is 2.05 bits per heavy atom. The van der Waals surface area contributed by atoms with Crippen LogP contribution in [0.25, 0.3) is 11.0 Å². The van der Waals surface area contributed by atoms with Crippen molar-refractivity contribution in [1.29, 1.82) is 0 Å². The van der Waals surface area contributed by atoms with Crippen LogP contribution in [0.1, 0.15) is 11.3 Å². The first-order valence-corrected chi connectivity index (χ1v) is 5.80. The van der Waals surface area contributed by atoms with E-state index in [1.807, 2.05) is 5.32 Å². The molecule has 0 saturated carbocycles. The molecule has 1 aromatic carbocycles. The lowest BCUT2D eigenvalue weighted by Crippen LogP contribution is -2.35. The van der Waals surface area contributed by atoms with E-state index >= 15 is 0 Å². The molecule has 0 radical (unpaired) electrons. The SMILES string of the molecule is O=C([O-])NCc1cc2cc(Br)cc(C(F)(F)F)c2o1. The fraction of sp³-hybridized carbons (Fsp3) is 0.182. The summed E-state index contributed by atoms with van der Waals surface area (Å²) in [7, 11) is 0. The van der Waals surface area contributed by atoms with Crippen molar-refractivity contribution < 1.29 is 27.5 Å². The Morgan fingerprint density at radius 1 is 1.37 bits per heavy atom. The van der Waals surface area contributed by atoms with Crippen LogP contribution in [-0.2, 0) is 12.7 Å². The van der Waals surface area contributed by atoms with Crippen molar-refractivity contribution in [2.24, 2.45) is 0 Å². The molecule has 1 amide bonds. The summed E-state index contributed by atoms with van der Waals surface area (Å²) < 4.78 is 43.8. The van der Waals surface area contributed by atoms with Gasteiger partial charge in [0.2, 0.25) is 0 Å². The average molecular weight is 337 g/mol. The molecule has 0 spiro atoms. The van der Waals surface area contributed by atoms with Crippen LogP contribution in [0.2, 0.25) is 0 Å². The van der Waals surface area contributed by atoms with Crippen LogP contribution in [0.15, 0.2) is 27.1 Å². The predicted molar refractivity (Wildman–Crippen MR) is 61.2 cm³/mol. The Bertz CT molecular complexity index is 636. The lowest BCUT2D eigenvalue weighted by atomic mass is 10.1. The zero-order valence-corrected chi connectivity index (χ0v) is 10.8. The smallest absolute Gasteiger partial charge is 0.420 e. The summed E-state index contributed by atoms with van der Waals surface area (Å²) in [4.78, 5) is 10.2. The molecule has 4 nitrogen and oxygen atoms in total. The summed E-state index contributed by atoms with van der Waals surface area (Å²) >= 11 is 2.99. The van der Waals surface area contributed by atoms with Gasteiger partial charge in [-0.1, -0.05) is 15.9 Å². The molecule has 0 aliphatic rings. The maximum atomic E-state index is 12.8. The minimum absolute atomic E-state index is 0.0720. The Labute approximate surface area is 113 Å². The van der Waals surface area contributed by atoms with Gasteiger partial charge < -0.3 is 19.6 Å². The molecule has 0 saturated heterocycles. The van der Waals surface area contributed by atoms with Crippen molar-refractivity contribution in [2.45, 2.75) is 12.7 Å². The minimum atomic E-state index is -4.56. The predicted octanol–water partition coefficient (Wildman–Crippen LogP) is 2.65. The van der Waals surface area contributed by atoms with Gasteiger partial charge in [-0.3, -0.25) is 0 Å². The average Bonchev–Trinajstić information content (AvgIpc) is 2.66. The van der Waals surface area contributed by atoms with E-state index in [-0.39, 0.29) is 27.7 Å². The van der Waals surface area contributed by atoms with Crippen molar-refractivity contribution in [3.63, 3.8) is 0 Å². The number of hydrogen-bond acceptors (Lipinski definition) is 3. The van der Waals surface area contributed by atoms with Crippen molar-refractivity contribution in [3.05, 3.63) is 34.0 Å². The third-order valence-electron chi connectivity index (χ3n) is 2.34. The van der Waals surface area contributed by atoms with Crippen LogP contribution in [-0.4, -0.2) is 6.09 Å². The van der Waals surface area contributed by atoms with Crippen molar-refractivity contribution >= 4 is 33.0 Å². The number of carboxylic acid groups (broad SMARTS) is 1. The van der Waals surface area contributed by atoms with E-state index in [9.17, 15) is 23.1 Å². The molecule has 19 heavy (non-hydrogen) atoms. The van der Waals surface area contributed by atoms with Gasteiger partial charge in [0.15, 0.2) is 0 Å². The highest BCUT2D eigenvalue weighted by atomic mass is 79.9. The van der Waals surface area contributed by atoms with Crippen LogP contribution in [0, 0.1) is 0 Å². The fourth-order valence-electron chi connectivity index (χ4n) is 1.63. The molecule has 102 valence electrons. The highest BCUT2D eigenvalue weighted by molar-refractivity contribution is 9.10. The number of amides is 1. The number of halogens is 4. The highest BCUT2D eigenvalue weighted by Gasteiger charge is 2.34. The summed E-state index contributed by atoms with van der Waals surface area (Å²) in [5.74, 6) is 0.0720. The Kier molecular flexibility index (Phi) is 3.44. The number of alkyl halides is 3. The molecule has 1 aromatic heterocycles. The number of hydrogen-bond donors (Lipinski definition) is 1. The molecule has 0 atom stereocenters. The second kappa shape index (κ2) is 4.76. The monoisotopic (exact) mass is 336 g/mol. The van der Waals surface area contributed by atoms with Gasteiger partial charge in [0.25, 0.3) is 0 Å². The van der Waals surface area contributed by atoms with Gasteiger partial charge >= 0.3 is 6.18 Å². The largest absolute Gasteiger partial charge is 0.530 e. The van der Waals surface area contributed by atoms with E-state index in [1.54, 1.807) is 0 Å². The van der Waals surface area contributed by atoms with Crippen LogP contribution in [0.3, 0.4) is 0 Å². The third-order valence-corrected chi connectivity index (χ3v) is 2.80. The molecule has 0 aliphatic heterocycles. The number of carbonyl (C=O) groups is 1. The zero-order valence-electron chi connectivity index (χ0n) is 9.18. The highest BCUT2D eigenvalue weighted by Crippen LogP contribution is 2.38. The molecule has 0 unspecified atom stereocenters. The molecule has 0 fully saturated rings. The lowest BCUT2D eigenvalue weighted by Gasteiger charge is -2.07. The fourth-order valence-corrected chi connectivity index (χ4v) is 2.10. The number of fused-ring (bicyclic) bond motifs is 1. The number of rotatable bonds is 2. The molecule has 0 aliphatic carbocycles. The van der Waals surface area contributed by atoms with Crippen LogP contribution in [0.5, 0.6) is 0 Å². The maximum Gasteiger partial charge on any atom is 0.420 e. The third kappa shape index (κ3) is 3.01. The van der Waals surface area contributed by atoms with E-state index in [2.05, 4.69) is 15.9 Å². The summed E-state index contributed by atoms with van der Waals surface area (Å²) in [5, 5.41) is 12.4. The van der Waals surface area contributed by atoms with Gasteiger partial charge in [-0.05, 0) is 18.2 Å². The Morgan fingerprint density at radius 3 is 2.63 bits per heavy atom. The van der Waals surface area contributed by atoms with Gasteiger partial charge in [-0.25, -0.2) is 0 Å². The first-order chi connectivity index (χ1) is 8.77. The Balaban J connectivity index is 2.49. The van der Waals surface area contributed by atoms with E-state index in [0.29, 0.717) is 0 Å². The van der Waals surface area contributed by atoms with E-state index in [4.69, 9.17) is 4.42 Å². The summed E-state index contributed by atoms with van der Waals surface area (Å²) in [5.41, 5.74) is -1.25. The van der Waals surface area contributed by atoms with Crippen molar-refractivity contribution in [3.8, 4) is 0 Å². The van der Waals surface area contributed by atoms with Gasteiger partial charge in [-0.15, -0.1) is 0 Å². The second-order valence-electron chi connectivity index (χ2n) is 3.72. The van der Waals surface area contributed by atoms with Crippen LogP contribution < -0.4 is 10.4 Å². The van der Waals surface area contributed by atoms with Gasteiger partial charge in [0.1, 0.15) is 17.4 Å². The quantitative estimate of drug-likeness (QED) is 0.916. The molecule has 1 N–H and O–H groups in total. The van der Waals surface area contributed by atoms with E-state index in [1.165, 1.54) is 12.1 Å². The number of nitrogens with one attached hydrogen (secondary N) is 1. The lowest BCUT2D eigenvalue weighted by molar-refractivity contribution is -0.251. The molecule has 2 aromatic rings. The molecular weight excluding hydrogens is 331 g/mol. The molecular formula is C11H6BrF3NO3-. The van der Waals surface area contributed by atoms with Gasteiger partial charge in [0.05, 0.1) is 12.1 Å². The molecule has 8 heteroatoms. The molecule has 1 heterocycles. The standard InChI is InChI=1S/C11H7BrF3NO3/c12-6-1-5-2-7(4-16-10(17)18)19-9(5)8(3-6)11(13,14)15/h1-3,16H,4H2,(H,17,18)/p-1. The van der Waals surface area contributed by atoms with E-state index < -0.39 is 17.8 Å². The van der Waals surface area contributed by atoms with Crippen LogP contribution in [0.4, 0.5) is 18.0 Å². The normalized spacial score (nSPS) is 11.8. The molecule has 2 rings (SSSR count). The van der Waals surface area contributed by atoms with Gasteiger partial charge in [0, 0.05) is 9.86 Å². The molecule has 0 bridgehead atoms. The maximum absolute atomic E-state index is 12.8. The number of benzene rings is 1. The second-order valence-corrected chi connectivity index (χ2v) is 4.64. The minimum Gasteiger partial charge on any atom is -0.530 e. The summed E-state index contributed by atoms with van der Waals surface area (Å²) in [6.45, 7) is -0.258. The Hall–Kier alpha value is -1.70. The van der Waals surface area contributed by atoms with E-state index in [0.717, 1.165) is 6.07 Å². The van der Waals surface area contributed by atoms with Crippen LogP contribution >= 0.6 is 15.9 Å². The number of carbonyl (C=O) groups excluding carboxylic acids is 1. The first kappa shape index (κ1) is 13.7. The summed E-state index contributed by atoms with van der Waals surface area (Å²) in [6, 6.07) is 3.70. The number of furan rings is 1. The van der Waals surface area contributed by atoms with Crippen molar-refractivity contribution in [1.82, 2.24) is 5.32 Å². The van der Waals surface area contributed by atoms with Crippen molar-refractivity contribution in [2.75, 3.05) is 0 Å².